The predicted molar refractivity (Wildman–Crippen MR) is 118 cm³/mol. The van der Waals surface area contributed by atoms with E-state index in [1.54, 1.807) is 7.11 Å². The number of benzene rings is 2. The zero-order chi connectivity index (χ0) is 20.2. The summed E-state index contributed by atoms with van der Waals surface area (Å²) >= 11 is 2.80. The third-order valence-electron chi connectivity index (χ3n) is 4.08. The lowest BCUT2D eigenvalue weighted by Crippen LogP contribution is -2.14. The van der Waals surface area contributed by atoms with Crippen LogP contribution in [-0.2, 0) is 4.79 Å². The number of fused-ring (bicyclic) bond motifs is 1. The normalized spacial score (nSPS) is 10.8. The lowest BCUT2D eigenvalue weighted by Gasteiger charge is -2.06. The van der Waals surface area contributed by atoms with Crippen LogP contribution in [0, 0.1) is 6.92 Å². The molecule has 4 aromatic rings. The SMILES string of the molecule is COc1ccc2nc(NC(=O)CSc3cc(-c4ccccc4)nc(C)n3)sc2c1. The van der Waals surface area contributed by atoms with Crippen molar-refractivity contribution in [2.75, 3.05) is 18.2 Å². The third kappa shape index (κ3) is 4.72. The number of rotatable bonds is 6. The summed E-state index contributed by atoms with van der Waals surface area (Å²) in [5, 5.41) is 4.20. The minimum atomic E-state index is -0.126. The van der Waals surface area contributed by atoms with E-state index in [-0.39, 0.29) is 11.7 Å². The average Bonchev–Trinajstić information content (AvgIpc) is 3.13. The number of carbonyl (C=O) groups is 1. The number of hydrogen-bond acceptors (Lipinski definition) is 7. The van der Waals surface area contributed by atoms with Gasteiger partial charge in [0.2, 0.25) is 5.91 Å². The van der Waals surface area contributed by atoms with Crippen molar-refractivity contribution in [3.63, 3.8) is 0 Å². The molecule has 8 heteroatoms. The van der Waals surface area contributed by atoms with E-state index in [2.05, 4.69) is 20.3 Å². The fraction of sp³-hybridized carbons (Fsp3) is 0.143. The summed E-state index contributed by atoms with van der Waals surface area (Å²) in [6.45, 7) is 1.85. The molecule has 2 aromatic carbocycles. The Labute approximate surface area is 176 Å². The molecule has 2 heterocycles. The number of thioether (sulfide) groups is 1. The summed E-state index contributed by atoms with van der Waals surface area (Å²) in [5.41, 5.74) is 2.70. The molecule has 29 heavy (non-hydrogen) atoms. The number of carbonyl (C=O) groups excluding carboxylic acids is 1. The maximum Gasteiger partial charge on any atom is 0.236 e. The van der Waals surface area contributed by atoms with E-state index < -0.39 is 0 Å². The smallest absolute Gasteiger partial charge is 0.236 e. The van der Waals surface area contributed by atoms with Crippen molar-refractivity contribution in [1.29, 1.82) is 0 Å². The van der Waals surface area contributed by atoms with Crippen LogP contribution in [0.1, 0.15) is 5.82 Å². The molecule has 0 unspecified atom stereocenters. The maximum absolute atomic E-state index is 12.4. The molecule has 0 atom stereocenters. The number of nitrogens with zero attached hydrogens (tertiary/aromatic N) is 3. The van der Waals surface area contributed by atoms with Gasteiger partial charge in [-0.05, 0) is 31.2 Å². The van der Waals surface area contributed by atoms with Crippen LogP contribution in [0.5, 0.6) is 5.75 Å². The second kappa shape index (κ2) is 8.59. The van der Waals surface area contributed by atoms with Crippen molar-refractivity contribution in [1.82, 2.24) is 15.0 Å². The molecular formula is C21H18N4O2S2. The second-order valence-corrected chi connectivity index (χ2v) is 8.22. The van der Waals surface area contributed by atoms with Crippen molar-refractivity contribution >= 4 is 44.4 Å². The molecule has 146 valence electrons. The largest absolute Gasteiger partial charge is 0.497 e. The average molecular weight is 423 g/mol. The van der Waals surface area contributed by atoms with Gasteiger partial charge in [0, 0.05) is 5.56 Å². The highest BCUT2D eigenvalue weighted by Crippen LogP contribution is 2.29. The van der Waals surface area contributed by atoms with Gasteiger partial charge in [-0.1, -0.05) is 53.4 Å². The first kappa shape index (κ1) is 19.4. The molecule has 1 amide bonds. The van der Waals surface area contributed by atoms with Crippen LogP contribution in [0.25, 0.3) is 21.5 Å². The fourth-order valence-electron chi connectivity index (χ4n) is 2.75. The Morgan fingerprint density at radius 3 is 2.72 bits per heavy atom. The number of thiazole rings is 1. The number of hydrogen-bond donors (Lipinski definition) is 1. The van der Waals surface area contributed by atoms with Crippen molar-refractivity contribution in [3.05, 3.63) is 60.4 Å². The monoisotopic (exact) mass is 422 g/mol. The number of nitrogens with one attached hydrogen (secondary N) is 1. The Morgan fingerprint density at radius 2 is 1.93 bits per heavy atom. The van der Waals surface area contributed by atoms with Gasteiger partial charge in [0.25, 0.3) is 0 Å². The van der Waals surface area contributed by atoms with Gasteiger partial charge in [-0.25, -0.2) is 15.0 Å². The van der Waals surface area contributed by atoms with Gasteiger partial charge in [0.15, 0.2) is 5.13 Å². The second-order valence-electron chi connectivity index (χ2n) is 6.19. The number of aromatic nitrogens is 3. The minimum absolute atomic E-state index is 0.126. The molecule has 0 saturated heterocycles. The van der Waals surface area contributed by atoms with Gasteiger partial charge in [0.1, 0.15) is 16.6 Å². The van der Waals surface area contributed by atoms with Gasteiger partial charge in [-0.2, -0.15) is 0 Å². The van der Waals surface area contributed by atoms with Gasteiger partial charge in [-0.15, -0.1) is 0 Å². The van der Waals surface area contributed by atoms with Gasteiger partial charge < -0.3 is 10.1 Å². The van der Waals surface area contributed by atoms with Gasteiger partial charge in [-0.3, -0.25) is 4.79 Å². The Bertz CT molecular complexity index is 1160. The first-order chi connectivity index (χ1) is 14.1. The van der Waals surface area contributed by atoms with Crippen LogP contribution in [0.2, 0.25) is 0 Å². The van der Waals surface area contributed by atoms with Crippen LogP contribution in [0.15, 0.2) is 59.6 Å². The fourth-order valence-corrected chi connectivity index (χ4v) is 4.40. The molecule has 0 aliphatic heterocycles. The van der Waals surface area contributed by atoms with Crippen LogP contribution in [0.4, 0.5) is 5.13 Å². The van der Waals surface area contributed by atoms with Crippen molar-refractivity contribution in [2.24, 2.45) is 0 Å². The molecule has 0 fully saturated rings. The Balaban J connectivity index is 1.43. The first-order valence-electron chi connectivity index (χ1n) is 8.89. The Hall–Kier alpha value is -2.97. The zero-order valence-electron chi connectivity index (χ0n) is 15.9. The summed E-state index contributed by atoms with van der Waals surface area (Å²) in [5.74, 6) is 1.56. The number of methoxy groups -OCH3 is 1. The number of anilines is 1. The Kier molecular flexibility index (Phi) is 5.73. The van der Waals surface area contributed by atoms with E-state index in [9.17, 15) is 4.79 Å². The lowest BCUT2D eigenvalue weighted by molar-refractivity contribution is -0.113. The molecule has 0 aliphatic rings. The Morgan fingerprint density at radius 1 is 1.10 bits per heavy atom. The van der Waals surface area contributed by atoms with E-state index in [0.29, 0.717) is 11.0 Å². The zero-order valence-corrected chi connectivity index (χ0v) is 17.5. The van der Waals surface area contributed by atoms with Crippen molar-refractivity contribution < 1.29 is 9.53 Å². The molecule has 0 saturated carbocycles. The molecular weight excluding hydrogens is 404 g/mol. The minimum Gasteiger partial charge on any atom is -0.497 e. The van der Waals surface area contributed by atoms with Gasteiger partial charge >= 0.3 is 0 Å². The third-order valence-corrected chi connectivity index (χ3v) is 5.92. The van der Waals surface area contributed by atoms with Crippen molar-refractivity contribution in [2.45, 2.75) is 11.9 Å². The van der Waals surface area contributed by atoms with Crippen LogP contribution < -0.4 is 10.1 Å². The van der Waals surface area contributed by atoms with Crippen molar-refractivity contribution in [3.8, 4) is 17.0 Å². The summed E-state index contributed by atoms with van der Waals surface area (Å²) in [6.07, 6.45) is 0. The van der Waals surface area contributed by atoms with Crippen LogP contribution in [-0.4, -0.2) is 33.7 Å². The predicted octanol–water partition coefficient (Wildman–Crippen LogP) is 4.80. The van der Waals surface area contributed by atoms with Gasteiger partial charge in [0.05, 0.1) is 28.8 Å². The van der Waals surface area contributed by atoms with E-state index in [1.807, 2.05) is 61.5 Å². The van der Waals surface area contributed by atoms with E-state index in [1.165, 1.54) is 23.1 Å². The van der Waals surface area contributed by atoms with E-state index in [4.69, 9.17) is 4.74 Å². The maximum atomic E-state index is 12.4. The van der Waals surface area contributed by atoms with Crippen LogP contribution >= 0.6 is 23.1 Å². The highest BCUT2D eigenvalue weighted by molar-refractivity contribution is 7.99. The molecule has 6 nitrogen and oxygen atoms in total. The standard InChI is InChI=1S/C21H18N4O2S2/c1-13-22-17(14-6-4-3-5-7-14)11-20(23-13)28-12-19(26)25-21-24-16-9-8-15(27-2)10-18(16)29-21/h3-11H,12H2,1-2H3,(H,24,25,26). The summed E-state index contributed by atoms with van der Waals surface area (Å²) in [6, 6.07) is 17.5. The molecule has 0 radical (unpaired) electrons. The molecule has 0 spiro atoms. The summed E-state index contributed by atoms with van der Waals surface area (Å²) in [4.78, 5) is 25.8. The molecule has 0 aliphatic carbocycles. The molecule has 2 aromatic heterocycles. The quantitative estimate of drug-likeness (QED) is 0.355. The number of ether oxygens (including phenoxy) is 1. The summed E-state index contributed by atoms with van der Waals surface area (Å²) < 4.78 is 6.19. The highest BCUT2D eigenvalue weighted by atomic mass is 32.2. The summed E-state index contributed by atoms with van der Waals surface area (Å²) in [7, 11) is 1.63. The lowest BCUT2D eigenvalue weighted by atomic mass is 10.1. The number of aryl methyl sites for hydroxylation is 1. The molecule has 1 N–H and O–H groups in total. The highest BCUT2D eigenvalue weighted by Gasteiger charge is 2.11. The number of amides is 1. The van der Waals surface area contributed by atoms with Crippen LogP contribution in [0.3, 0.4) is 0 Å². The topological polar surface area (TPSA) is 77.0 Å². The van der Waals surface area contributed by atoms with E-state index in [0.717, 1.165) is 32.2 Å². The molecule has 4 rings (SSSR count). The first-order valence-corrected chi connectivity index (χ1v) is 10.7. The van der Waals surface area contributed by atoms with E-state index >= 15 is 0 Å². The molecule has 0 bridgehead atoms.